The van der Waals surface area contributed by atoms with Crippen LogP contribution in [0.4, 0.5) is 5.69 Å². The van der Waals surface area contributed by atoms with Gasteiger partial charge in [0.25, 0.3) is 0 Å². The van der Waals surface area contributed by atoms with Gasteiger partial charge in [0.05, 0.1) is 0 Å². The first-order valence-corrected chi connectivity index (χ1v) is 5.44. The molecule has 15 heavy (non-hydrogen) atoms. The van der Waals surface area contributed by atoms with Gasteiger partial charge in [-0.05, 0) is 36.6 Å². The molecule has 0 radical (unpaired) electrons. The Balaban J connectivity index is 2.16. The molecule has 0 amide bonds. The van der Waals surface area contributed by atoms with Gasteiger partial charge < -0.3 is 15.7 Å². The lowest BCUT2D eigenvalue weighted by Crippen LogP contribution is -2.33. The van der Waals surface area contributed by atoms with Gasteiger partial charge in [-0.1, -0.05) is 0 Å². The molecule has 3 heteroatoms. The summed E-state index contributed by atoms with van der Waals surface area (Å²) in [5.41, 5.74) is 8.68. The lowest BCUT2D eigenvalue weighted by atomic mass is 9.86. The van der Waals surface area contributed by atoms with Crippen LogP contribution in [0.2, 0.25) is 0 Å². The van der Waals surface area contributed by atoms with Crippen LogP contribution in [-0.4, -0.2) is 24.7 Å². The second-order valence-electron chi connectivity index (χ2n) is 4.84. The standard InChI is InChI=1S/C12H16N2O/c1-14-5-4-12(7-11(12)13)9-6-8(15)2-3-10(9)14/h2-3,6,11,15H,4-5,7,13H2,1H3. The lowest BCUT2D eigenvalue weighted by Gasteiger charge is -2.34. The van der Waals surface area contributed by atoms with Gasteiger partial charge in [0.15, 0.2) is 0 Å². The van der Waals surface area contributed by atoms with E-state index < -0.39 is 0 Å². The minimum Gasteiger partial charge on any atom is -0.508 e. The zero-order valence-electron chi connectivity index (χ0n) is 8.90. The fourth-order valence-corrected chi connectivity index (χ4v) is 2.81. The molecule has 3 rings (SSSR count). The van der Waals surface area contributed by atoms with E-state index in [0.29, 0.717) is 5.75 Å². The molecule has 3 nitrogen and oxygen atoms in total. The molecule has 1 spiro atoms. The van der Waals surface area contributed by atoms with Gasteiger partial charge in [0.1, 0.15) is 5.75 Å². The topological polar surface area (TPSA) is 49.5 Å². The van der Waals surface area contributed by atoms with Crippen molar-refractivity contribution in [2.24, 2.45) is 5.73 Å². The summed E-state index contributed by atoms with van der Waals surface area (Å²) in [6, 6.07) is 5.92. The number of benzene rings is 1. The summed E-state index contributed by atoms with van der Waals surface area (Å²) in [6.45, 7) is 1.06. The van der Waals surface area contributed by atoms with Gasteiger partial charge in [-0.2, -0.15) is 0 Å². The van der Waals surface area contributed by atoms with Gasteiger partial charge in [-0.25, -0.2) is 0 Å². The van der Waals surface area contributed by atoms with Crippen molar-refractivity contribution in [2.45, 2.75) is 24.3 Å². The molecule has 0 aromatic heterocycles. The first-order chi connectivity index (χ1) is 7.13. The van der Waals surface area contributed by atoms with Crippen LogP contribution in [0.25, 0.3) is 0 Å². The maximum atomic E-state index is 9.56. The van der Waals surface area contributed by atoms with E-state index in [1.165, 1.54) is 11.3 Å². The van der Waals surface area contributed by atoms with Gasteiger partial charge in [0, 0.05) is 30.7 Å². The van der Waals surface area contributed by atoms with E-state index in [9.17, 15) is 5.11 Å². The first-order valence-electron chi connectivity index (χ1n) is 5.44. The number of nitrogens with zero attached hydrogens (tertiary/aromatic N) is 1. The average molecular weight is 204 g/mol. The summed E-state index contributed by atoms with van der Waals surface area (Å²) in [5.74, 6) is 0.350. The highest BCUT2D eigenvalue weighted by molar-refractivity contribution is 5.63. The number of phenols is 1. The first kappa shape index (κ1) is 9.04. The molecule has 1 aromatic rings. The van der Waals surface area contributed by atoms with Gasteiger partial charge in [0.2, 0.25) is 0 Å². The molecule has 3 N–H and O–H groups in total. The molecule has 1 heterocycles. The third-order valence-electron chi connectivity index (χ3n) is 3.95. The summed E-state index contributed by atoms with van der Waals surface area (Å²) in [5, 5.41) is 9.56. The SMILES string of the molecule is CN1CCC2(CC2N)c2cc(O)ccc21. The van der Waals surface area contributed by atoms with Crippen molar-refractivity contribution in [2.75, 3.05) is 18.5 Å². The molecular formula is C12H16N2O. The van der Waals surface area contributed by atoms with E-state index in [1.54, 1.807) is 6.07 Å². The average Bonchev–Trinajstić information content (AvgIpc) is 2.85. The Morgan fingerprint density at radius 1 is 1.53 bits per heavy atom. The second kappa shape index (κ2) is 2.67. The number of anilines is 1. The van der Waals surface area contributed by atoms with Gasteiger partial charge in [-0.15, -0.1) is 0 Å². The summed E-state index contributed by atoms with van der Waals surface area (Å²) in [6.07, 6.45) is 2.18. The van der Waals surface area contributed by atoms with Crippen LogP contribution < -0.4 is 10.6 Å². The Morgan fingerprint density at radius 3 is 2.93 bits per heavy atom. The molecule has 2 atom stereocenters. The molecule has 1 aromatic carbocycles. The number of hydrogen-bond donors (Lipinski definition) is 2. The van der Waals surface area contributed by atoms with Crippen molar-refractivity contribution in [3.8, 4) is 5.75 Å². The minimum absolute atomic E-state index is 0.167. The Labute approximate surface area is 89.5 Å². The number of fused-ring (bicyclic) bond motifs is 2. The number of rotatable bonds is 0. The number of aromatic hydroxyl groups is 1. The van der Waals surface area contributed by atoms with E-state index in [1.807, 2.05) is 12.1 Å². The maximum Gasteiger partial charge on any atom is 0.116 e. The molecule has 1 fully saturated rings. The van der Waals surface area contributed by atoms with Crippen LogP contribution in [0.1, 0.15) is 18.4 Å². The van der Waals surface area contributed by atoms with Crippen LogP contribution in [-0.2, 0) is 5.41 Å². The number of phenolic OH excluding ortho intramolecular Hbond substituents is 1. The highest BCUT2D eigenvalue weighted by Crippen LogP contribution is 2.55. The highest BCUT2D eigenvalue weighted by atomic mass is 16.3. The quantitative estimate of drug-likeness (QED) is 0.667. The smallest absolute Gasteiger partial charge is 0.116 e. The largest absolute Gasteiger partial charge is 0.508 e. The predicted molar refractivity (Wildman–Crippen MR) is 60.3 cm³/mol. The van der Waals surface area contributed by atoms with Crippen molar-refractivity contribution >= 4 is 5.69 Å². The van der Waals surface area contributed by atoms with Gasteiger partial charge in [-0.3, -0.25) is 0 Å². The number of nitrogens with two attached hydrogens (primary N) is 1. The second-order valence-corrected chi connectivity index (χ2v) is 4.84. The zero-order chi connectivity index (χ0) is 10.6. The summed E-state index contributed by atoms with van der Waals surface area (Å²) >= 11 is 0. The summed E-state index contributed by atoms with van der Waals surface area (Å²) in [7, 11) is 2.09. The van der Waals surface area contributed by atoms with Crippen LogP contribution in [0, 0.1) is 0 Å². The number of hydrogen-bond acceptors (Lipinski definition) is 3. The molecule has 1 aliphatic carbocycles. The molecule has 1 aliphatic heterocycles. The van der Waals surface area contributed by atoms with E-state index in [2.05, 4.69) is 11.9 Å². The van der Waals surface area contributed by atoms with Crippen LogP contribution in [0.15, 0.2) is 18.2 Å². The van der Waals surface area contributed by atoms with Crippen molar-refractivity contribution in [1.82, 2.24) is 0 Å². The minimum atomic E-state index is 0.167. The normalized spacial score (nSPS) is 32.9. The van der Waals surface area contributed by atoms with Crippen LogP contribution in [0.3, 0.4) is 0 Å². The molecule has 2 unspecified atom stereocenters. The molecule has 1 saturated carbocycles. The van der Waals surface area contributed by atoms with E-state index in [0.717, 1.165) is 19.4 Å². The molecule has 0 bridgehead atoms. The van der Waals surface area contributed by atoms with Crippen molar-refractivity contribution in [1.29, 1.82) is 0 Å². The highest BCUT2D eigenvalue weighted by Gasteiger charge is 2.55. The third kappa shape index (κ3) is 1.10. The fraction of sp³-hybridized carbons (Fsp3) is 0.500. The van der Waals surface area contributed by atoms with Crippen LogP contribution in [0.5, 0.6) is 5.75 Å². The molecule has 2 aliphatic rings. The van der Waals surface area contributed by atoms with E-state index in [-0.39, 0.29) is 11.5 Å². The summed E-state index contributed by atoms with van der Waals surface area (Å²) in [4.78, 5) is 2.24. The predicted octanol–water partition coefficient (Wildman–Crippen LogP) is 1.20. The van der Waals surface area contributed by atoms with Crippen LogP contribution >= 0.6 is 0 Å². The maximum absolute atomic E-state index is 9.56. The third-order valence-corrected chi connectivity index (χ3v) is 3.95. The Hall–Kier alpha value is -1.22. The van der Waals surface area contributed by atoms with Crippen molar-refractivity contribution in [3.05, 3.63) is 23.8 Å². The van der Waals surface area contributed by atoms with Crippen molar-refractivity contribution in [3.63, 3.8) is 0 Å². The monoisotopic (exact) mass is 204 g/mol. The molecule has 0 saturated heterocycles. The zero-order valence-corrected chi connectivity index (χ0v) is 8.90. The van der Waals surface area contributed by atoms with Crippen molar-refractivity contribution < 1.29 is 5.11 Å². The molecular weight excluding hydrogens is 188 g/mol. The molecule has 80 valence electrons. The Kier molecular flexibility index (Phi) is 1.61. The fourth-order valence-electron chi connectivity index (χ4n) is 2.81. The van der Waals surface area contributed by atoms with E-state index in [4.69, 9.17) is 5.73 Å². The Bertz CT molecular complexity index is 418. The Morgan fingerprint density at radius 2 is 2.27 bits per heavy atom. The summed E-state index contributed by atoms with van der Waals surface area (Å²) < 4.78 is 0. The van der Waals surface area contributed by atoms with Gasteiger partial charge >= 0.3 is 0 Å². The van der Waals surface area contributed by atoms with E-state index >= 15 is 0 Å². The lowest BCUT2D eigenvalue weighted by molar-refractivity contribution is 0.470.